The van der Waals surface area contributed by atoms with E-state index in [0.29, 0.717) is 0 Å². The molecule has 0 N–H and O–H groups in total. The molecule has 0 fully saturated rings. The van der Waals surface area contributed by atoms with Crippen molar-refractivity contribution in [3.63, 3.8) is 0 Å². The summed E-state index contributed by atoms with van der Waals surface area (Å²) < 4.78 is 1.20. The van der Waals surface area contributed by atoms with Crippen molar-refractivity contribution >= 4 is 20.5 Å². The molecule has 0 heterocycles. The fourth-order valence-electron chi connectivity index (χ4n) is 1.21. The van der Waals surface area contributed by atoms with Crippen molar-refractivity contribution in [3.8, 4) is 11.8 Å². The van der Waals surface area contributed by atoms with Crippen LogP contribution in [0.4, 0.5) is 0 Å². The van der Waals surface area contributed by atoms with Crippen LogP contribution in [0.25, 0.3) is 0 Å². The number of benzene rings is 2. The molecule has 0 spiro atoms. The van der Waals surface area contributed by atoms with Crippen LogP contribution < -0.4 is 4.46 Å². The fraction of sp³-hybridized carbons (Fsp3) is 0. The van der Waals surface area contributed by atoms with Crippen LogP contribution in [0.5, 0.6) is 0 Å². The Labute approximate surface area is 98.2 Å². The van der Waals surface area contributed by atoms with E-state index < -0.39 is 0 Å². The first-order valence-electron chi connectivity index (χ1n) is 4.71. The molecule has 0 aliphatic carbocycles. The van der Waals surface area contributed by atoms with Crippen LogP contribution in [0.15, 0.2) is 54.6 Å². The summed E-state index contributed by atoms with van der Waals surface area (Å²) in [5.41, 5.74) is 2.10. The third-order valence-corrected chi connectivity index (χ3v) is 2.62. The van der Waals surface area contributed by atoms with Gasteiger partial charge in [0.25, 0.3) is 0 Å². The molecule has 2 aromatic rings. The van der Waals surface area contributed by atoms with Crippen molar-refractivity contribution in [3.05, 3.63) is 65.7 Å². The molecule has 0 atom stereocenters. The van der Waals surface area contributed by atoms with E-state index in [1.165, 1.54) is 4.46 Å². The van der Waals surface area contributed by atoms with E-state index in [-0.39, 0.29) is 0 Å². The van der Waals surface area contributed by atoms with Gasteiger partial charge in [-0.2, -0.15) is 0 Å². The molecular formula is C14H10Se. The molecule has 1 heteroatoms. The minimum atomic E-state index is 1.05. The van der Waals surface area contributed by atoms with Gasteiger partial charge in [-0.3, -0.25) is 0 Å². The summed E-state index contributed by atoms with van der Waals surface area (Å²) in [7, 11) is 0. The van der Waals surface area contributed by atoms with Gasteiger partial charge in [-0.25, -0.2) is 0 Å². The van der Waals surface area contributed by atoms with Gasteiger partial charge in [0.05, 0.1) is 0 Å². The number of hydrogen-bond acceptors (Lipinski definition) is 0. The molecule has 2 aromatic carbocycles. The summed E-state index contributed by atoms with van der Waals surface area (Å²) in [4.78, 5) is 0. The van der Waals surface area contributed by atoms with Gasteiger partial charge in [0.15, 0.2) is 0 Å². The Balaban J connectivity index is 2.22. The van der Waals surface area contributed by atoms with Crippen LogP contribution in [0.2, 0.25) is 0 Å². The van der Waals surface area contributed by atoms with Gasteiger partial charge in [-0.05, 0) is 0 Å². The topological polar surface area (TPSA) is 0 Å². The van der Waals surface area contributed by atoms with Crippen LogP contribution in [-0.4, -0.2) is 16.0 Å². The molecule has 15 heavy (non-hydrogen) atoms. The first-order valence-corrected chi connectivity index (χ1v) is 5.64. The molecule has 0 bridgehead atoms. The van der Waals surface area contributed by atoms with E-state index in [1.807, 2.05) is 42.5 Å². The summed E-state index contributed by atoms with van der Waals surface area (Å²) in [5, 5.41) is 0. The molecule has 0 saturated carbocycles. The predicted molar refractivity (Wildman–Crippen MR) is 65.6 cm³/mol. The third-order valence-electron chi connectivity index (χ3n) is 1.99. The summed E-state index contributed by atoms with van der Waals surface area (Å²) in [6.07, 6.45) is 0. The Morgan fingerprint density at radius 2 is 1.20 bits per heavy atom. The van der Waals surface area contributed by atoms with E-state index in [9.17, 15) is 0 Å². The average Bonchev–Trinajstić information content (AvgIpc) is 2.30. The standard InChI is InChI=1S/C14H10Se/c15-14-10-8-13(9-11-14)7-6-12-4-2-1-3-5-12/h1-5,8-11,15H. The molecule has 0 aliphatic rings. The van der Waals surface area contributed by atoms with E-state index >= 15 is 0 Å². The maximum absolute atomic E-state index is 3.13. The molecule has 0 radical (unpaired) electrons. The monoisotopic (exact) mass is 258 g/mol. The van der Waals surface area contributed by atoms with Gasteiger partial charge in [0, 0.05) is 0 Å². The van der Waals surface area contributed by atoms with Crippen molar-refractivity contribution in [2.75, 3.05) is 0 Å². The average molecular weight is 257 g/mol. The second-order valence-corrected chi connectivity index (χ2v) is 4.25. The van der Waals surface area contributed by atoms with Crippen molar-refractivity contribution in [2.24, 2.45) is 0 Å². The van der Waals surface area contributed by atoms with Crippen molar-refractivity contribution in [1.29, 1.82) is 0 Å². The Morgan fingerprint density at radius 3 is 1.80 bits per heavy atom. The maximum atomic E-state index is 3.13. The molecule has 0 saturated heterocycles. The Kier molecular flexibility index (Phi) is 3.25. The first-order chi connectivity index (χ1) is 7.34. The van der Waals surface area contributed by atoms with Gasteiger partial charge >= 0.3 is 98.0 Å². The normalized spacial score (nSPS) is 9.13. The van der Waals surface area contributed by atoms with E-state index in [4.69, 9.17) is 0 Å². The van der Waals surface area contributed by atoms with Crippen LogP contribution in [0, 0.1) is 11.8 Å². The van der Waals surface area contributed by atoms with Crippen molar-refractivity contribution < 1.29 is 0 Å². The molecule has 0 aromatic heterocycles. The second-order valence-electron chi connectivity index (χ2n) is 3.16. The Morgan fingerprint density at radius 1 is 0.667 bits per heavy atom. The van der Waals surface area contributed by atoms with Gasteiger partial charge in [0.2, 0.25) is 0 Å². The zero-order valence-electron chi connectivity index (χ0n) is 8.14. The minimum absolute atomic E-state index is 1.05. The van der Waals surface area contributed by atoms with Gasteiger partial charge in [-0.15, -0.1) is 0 Å². The quantitative estimate of drug-likeness (QED) is 0.497. The van der Waals surface area contributed by atoms with Gasteiger partial charge < -0.3 is 0 Å². The van der Waals surface area contributed by atoms with E-state index in [0.717, 1.165) is 11.1 Å². The number of hydrogen-bond donors (Lipinski definition) is 0. The molecule has 0 aliphatic heterocycles. The first kappa shape index (κ1) is 10.1. The summed E-state index contributed by atoms with van der Waals surface area (Å²) in [6, 6.07) is 18.2. The van der Waals surface area contributed by atoms with Crippen molar-refractivity contribution in [1.82, 2.24) is 0 Å². The zero-order chi connectivity index (χ0) is 10.5. The Hall–Kier alpha value is -1.48. The van der Waals surface area contributed by atoms with Gasteiger partial charge in [-0.1, -0.05) is 0 Å². The zero-order valence-corrected chi connectivity index (χ0v) is 10.0. The fourth-order valence-corrected chi connectivity index (χ4v) is 1.52. The molecular weight excluding hydrogens is 247 g/mol. The summed E-state index contributed by atoms with van der Waals surface area (Å²) >= 11 is 2.52. The van der Waals surface area contributed by atoms with Crippen LogP contribution >= 0.6 is 0 Å². The molecule has 0 unspecified atom stereocenters. The van der Waals surface area contributed by atoms with Gasteiger partial charge in [0.1, 0.15) is 0 Å². The van der Waals surface area contributed by atoms with Crippen LogP contribution in [0.1, 0.15) is 11.1 Å². The van der Waals surface area contributed by atoms with Crippen molar-refractivity contribution in [2.45, 2.75) is 0 Å². The van der Waals surface area contributed by atoms with Crippen LogP contribution in [0.3, 0.4) is 0 Å². The summed E-state index contributed by atoms with van der Waals surface area (Å²) in [6.45, 7) is 0. The third kappa shape index (κ3) is 2.99. The van der Waals surface area contributed by atoms with E-state index in [1.54, 1.807) is 0 Å². The molecule has 0 nitrogen and oxygen atoms in total. The van der Waals surface area contributed by atoms with E-state index in [2.05, 4.69) is 40.0 Å². The second kappa shape index (κ2) is 4.84. The molecule has 0 amide bonds. The molecule has 2 rings (SSSR count). The predicted octanol–water partition coefficient (Wildman–Crippen LogP) is 1.61. The Bertz CT molecular complexity index is 486. The summed E-state index contributed by atoms with van der Waals surface area (Å²) in [5.74, 6) is 6.26. The molecule has 72 valence electrons. The SMILES string of the molecule is [SeH]c1ccc(C#Cc2ccccc2)cc1. The number of rotatable bonds is 0. The van der Waals surface area contributed by atoms with Crippen LogP contribution in [-0.2, 0) is 0 Å².